The predicted octanol–water partition coefficient (Wildman–Crippen LogP) is 2.49. The lowest BCUT2D eigenvalue weighted by Crippen LogP contribution is -2.56. The summed E-state index contributed by atoms with van der Waals surface area (Å²) in [6.07, 6.45) is 5.54. The third-order valence-electron chi connectivity index (χ3n) is 6.74. The number of nitrogens with zero attached hydrogens (tertiary/aromatic N) is 2. The fourth-order valence-corrected chi connectivity index (χ4v) is 4.86. The van der Waals surface area contributed by atoms with Crippen LogP contribution < -0.4 is 0 Å². The van der Waals surface area contributed by atoms with E-state index >= 15 is 0 Å². The Labute approximate surface area is 184 Å². The molecular formula is C24H34N2O5. The molecule has 3 fully saturated rings. The number of likely N-dealkylation sites (tertiary alicyclic amines) is 1. The van der Waals surface area contributed by atoms with Crippen molar-refractivity contribution in [3.63, 3.8) is 0 Å². The van der Waals surface area contributed by atoms with Crippen molar-refractivity contribution in [2.24, 2.45) is 0 Å². The molecule has 2 amide bonds. The van der Waals surface area contributed by atoms with Crippen molar-refractivity contribution >= 4 is 11.8 Å². The zero-order valence-corrected chi connectivity index (χ0v) is 18.5. The summed E-state index contributed by atoms with van der Waals surface area (Å²) in [5.74, 6) is 0.170. The first-order chi connectivity index (χ1) is 15.1. The molecular weight excluding hydrogens is 396 g/mol. The number of methoxy groups -OCH3 is 1. The number of piperidine rings is 1. The van der Waals surface area contributed by atoms with E-state index in [2.05, 4.69) is 4.90 Å². The van der Waals surface area contributed by atoms with E-state index in [0.717, 1.165) is 44.1 Å². The van der Waals surface area contributed by atoms with Crippen molar-refractivity contribution in [2.45, 2.75) is 56.2 Å². The van der Waals surface area contributed by atoms with Crippen LogP contribution in [0.5, 0.6) is 0 Å². The SMILES string of the molecule is COCCOCC(=O)N1CCC2(CC1)CC(N(C(=O)c1ccccc1)C1CC1)CCO2. The molecule has 0 radical (unpaired) electrons. The summed E-state index contributed by atoms with van der Waals surface area (Å²) in [5.41, 5.74) is 0.532. The van der Waals surface area contributed by atoms with Gasteiger partial charge < -0.3 is 24.0 Å². The Balaban J connectivity index is 1.35. The average molecular weight is 431 g/mol. The molecule has 1 aromatic rings. The van der Waals surface area contributed by atoms with Gasteiger partial charge in [-0.3, -0.25) is 9.59 Å². The van der Waals surface area contributed by atoms with Gasteiger partial charge in [0.1, 0.15) is 6.61 Å². The standard InChI is InChI=1S/C24H34N2O5/c1-29-15-16-30-18-22(27)25-12-10-24(11-13-25)17-21(9-14-31-24)26(20-7-8-20)23(28)19-5-3-2-4-6-19/h2-6,20-21H,7-18H2,1H3. The van der Waals surface area contributed by atoms with E-state index in [1.807, 2.05) is 35.2 Å². The van der Waals surface area contributed by atoms with Crippen molar-refractivity contribution in [1.29, 1.82) is 0 Å². The number of benzene rings is 1. The van der Waals surface area contributed by atoms with Crippen LogP contribution in [0.1, 0.15) is 48.9 Å². The van der Waals surface area contributed by atoms with Gasteiger partial charge in [-0.2, -0.15) is 0 Å². The zero-order valence-electron chi connectivity index (χ0n) is 18.5. The van der Waals surface area contributed by atoms with Crippen LogP contribution in [0.15, 0.2) is 30.3 Å². The van der Waals surface area contributed by atoms with Gasteiger partial charge in [0.2, 0.25) is 5.91 Å². The van der Waals surface area contributed by atoms with Crippen LogP contribution in [0.4, 0.5) is 0 Å². The Hall–Kier alpha value is -1.96. The minimum Gasteiger partial charge on any atom is -0.382 e. The van der Waals surface area contributed by atoms with Gasteiger partial charge in [-0.15, -0.1) is 0 Å². The maximum atomic E-state index is 13.3. The lowest BCUT2D eigenvalue weighted by Gasteiger charge is -2.48. The van der Waals surface area contributed by atoms with Crippen molar-refractivity contribution in [1.82, 2.24) is 9.80 Å². The highest BCUT2D eigenvalue weighted by atomic mass is 16.5. The Bertz CT molecular complexity index is 744. The first-order valence-electron chi connectivity index (χ1n) is 11.5. The highest BCUT2D eigenvalue weighted by Gasteiger charge is 2.46. The summed E-state index contributed by atoms with van der Waals surface area (Å²) in [4.78, 5) is 29.7. The normalized spacial score (nSPS) is 23.0. The maximum absolute atomic E-state index is 13.3. The summed E-state index contributed by atoms with van der Waals surface area (Å²) in [6.45, 7) is 3.04. The summed E-state index contributed by atoms with van der Waals surface area (Å²) in [5, 5.41) is 0. The van der Waals surface area contributed by atoms with Crippen molar-refractivity contribution in [2.75, 3.05) is 46.6 Å². The molecule has 2 heterocycles. The largest absolute Gasteiger partial charge is 0.382 e. The van der Waals surface area contributed by atoms with E-state index in [9.17, 15) is 9.59 Å². The molecule has 7 heteroatoms. The van der Waals surface area contributed by atoms with Crippen LogP contribution in [0.2, 0.25) is 0 Å². The maximum Gasteiger partial charge on any atom is 0.254 e. The van der Waals surface area contributed by atoms with Gasteiger partial charge in [-0.1, -0.05) is 18.2 Å². The fourth-order valence-electron chi connectivity index (χ4n) is 4.86. The molecule has 4 rings (SSSR count). The van der Waals surface area contributed by atoms with E-state index in [1.165, 1.54) is 0 Å². The Kier molecular flexibility index (Phi) is 7.25. The molecule has 3 aliphatic rings. The van der Waals surface area contributed by atoms with Crippen LogP contribution in [0.3, 0.4) is 0 Å². The Morgan fingerprint density at radius 3 is 2.52 bits per heavy atom. The molecule has 1 atom stereocenters. The number of hydrogen-bond acceptors (Lipinski definition) is 5. The van der Waals surface area contributed by atoms with E-state index in [4.69, 9.17) is 14.2 Å². The van der Waals surface area contributed by atoms with Gasteiger partial charge >= 0.3 is 0 Å². The molecule has 0 bridgehead atoms. The summed E-state index contributed by atoms with van der Waals surface area (Å²) < 4.78 is 16.6. The summed E-state index contributed by atoms with van der Waals surface area (Å²) >= 11 is 0. The van der Waals surface area contributed by atoms with Crippen LogP contribution in [0, 0.1) is 0 Å². The molecule has 170 valence electrons. The zero-order chi connectivity index (χ0) is 21.7. The minimum atomic E-state index is -0.235. The topological polar surface area (TPSA) is 68.3 Å². The quantitative estimate of drug-likeness (QED) is 0.593. The number of amides is 2. The number of carbonyl (C=O) groups excluding carboxylic acids is 2. The molecule has 7 nitrogen and oxygen atoms in total. The van der Waals surface area contributed by atoms with E-state index in [0.29, 0.717) is 39.0 Å². The van der Waals surface area contributed by atoms with Crippen molar-refractivity contribution in [3.8, 4) is 0 Å². The number of rotatable bonds is 8. The molecule has 1 spiro atoms. The van der Waals surface area contributed by atoms with Crippen LogP contribution in [0.25, 0.3) is 0 Å². The second-order valence-corrected chi connectivity index (χ2v) is 8.91. The van der Waals surface area contributed by atoms with Crippen molar-refractivity contribution in [3.05, 3.63) is 35.9 Å². The van der Waals surface area contributed by atoms with E-state index < -0.39 is 0 Å². The monoisotopic (exact) mass is 430 g/mol. The highest BCUT2D eigenvalue weighted by molar-refractivity contribution is 5.94. The third-order valence-corrected chi connectivity index (χ3v) is 6.74. The van der Waals surface area contributed by atoms with E-state index in [1.54, 1.807) is 7.11 Å². The average Bonchev–Trinajstić information content (AvgIpc) is 3.63. The van der Waals surface area contributed by atoms with Gasteiger partial charge in [-0.25, -0.2) is 0 Å². The van der Waals surface area contributed by atoms with Gasteiger partial charge in [0, 0.05) is 44.5 Å². The summed E-state index contributed by atoms with van der Waals surface area (Å²) in [6, 6.07) is 10.2. The lowest BCUT2D eigenvalue weighted by molar-refractivity contribution is -0.151. The first kappa shape index (κ1) is 22.2. The Morgan fingerprint density at radius 2 is 1.84 bits per heavy atom. The van der Waals surface area contributed by atoms with Crippen LogP contribution in [-0.2, 0) is 19.0 Å². The molecule has 1 saturated carbocycles. The second kappa shape index (κ2) is 10.1. The molecule has 0 aromatic heterocycles. The fraction of sp³-hybridized carbons (Fsp3) is 0.667. The van der Waals surface area contributed by atoms with Gasteiger partial charge in [0.05, 0.1) is 18.8 Å². The van der Waals surface area contributed by atoms with E-state index in [-0.39, 0.29) is 30.1 Å². The number of hydrogen-bond donors (Lipinski definition) is 0. The molecule has 2 aliphatic heterocycles. The lowest BCUT2D eigenvalue weighted by atomic mass is 9.81. The molecule has 1 aliphatic carbocycles. The smallest absolute Gasteiger partial charge is 0.254 e. The summed E-state index contributed by atoms with van der Waals surface area (Å²) in [7, 11) is 1.62. The van der Waals surface area contributed by atoms with Gasteiger partial charge in [0.15, 0.2) is 0 Å². The highest BCUT2D eigenvalue weighted by Crippen LogP contribution is 2.40. The predicted molar refractivity (Wildman–Crippen MR) is 116 cm³/mol. The molecule has 2 saturated heterocycles. The number of carbonyl (C=O) groups is 2. The Morgan fingerprint density at radius 1 is 1.10 bits per heavy atom. The molecule has 0 N–H and O–H groups in total. The second-order valence-electron chi connectivity index (χ2n) is 8.91. The first-order valence-corrected chi connectivity index (χ1v) is 11.5. The van der Waals surface area contributed by atoms with Crippen LogP contribution in [-0.4, -0.2) is 85.9 Å². The van der Waals surface area contributed by atoms with Gasteiger partial charge in [0.25, 0.3) is 5.91 Å². The van der Waals surface area contributed by atoms with Crippen molar-refractivity contribution < 1.29 is 23.8 Å². The molecule has 1 unspecified atom stereocenters. The minimum absolute atomic E-state index is 0.0252. The molecule has 1 aromatic carbocycles. The number of ether oxygens (including phenoxy) is 3. The van der Waals surface area contributed by atoms with Gasteiger partial charge in [-0.05, 0) is 50.7 Å². The molecule has 31 heavy (non-hydrogen) atoms. The van der Waals surface area contributed by atoms with Crippen LogP contribution >= 0.6 is 0 Å². The third kappa shape index (κ3) is 5.45.